The highest BCUT2D eigenvalue weighted by Crippen LogP contribution is 2.38. The molecule has 1 aliphatic rings. The third kappa shape index (κ3) is 4.42. The van der Waals surface area contributed by atoms with Crippen LogP contribution in [0.5, 0.6) is 17.2 Å². The van der Waals surface area contributed by atoms with E-state index in [1.54, 1.807) is 0 Å². The van der Waals surface area contributed by atoms with Crippen molar-refractivity contribution in [1.82, 2.24) is 9.21 Å². The van der Waals surface area contributed by atoms with Gasteiger partial charge in [0.05, 0.1) is 16.9 Å². The maximum atomic E-state index is 12.9. The SMILES string of the molecule is COc1cc(C=O)ccc1Oc1ccc(S(=O)(=O)N2CCN(C)CC2)cc1[N+](=O)[O-]. The van der Waals surface area contributed by atoms with Gasteiger partial charge in [0.25, 0.3) is 0 Å². The van der Waals surface area contributed by atoms with Gasteiger partial charge in [-0.1, -0.05) is 0 Å². The molecule has 2 aromatic carbocycles. The summed E-state index contributed by atoms with van der Waals surface area (Å²) in [6, 6.07) is 7.87. The van der Waals surface area contributed by atoms with E-state index in [0.717, 1.165) is 6.07 Å². The van der Waals surface area contributed by atoms with Crippen LogP contribution in [0.2, 0.25) is 0 Å². The van der Waals surface area contributed by atoms with Crippen molar-refractivity contribution < 1.29 is 27.6 Å². The quantitative estimate of drug-likeness (QED) is 0.369. The van der Waals surface area contributed by atoms with Crippen LogP contribution in [0, 0.1) is 10.1 Å². The summed E-state index contributed by atoms with van der Waals surface area (Å²) < 4.78 is 37.9. The average Bonchev–Trinajstić information content (AvgIpc) is 2.74. The molecular weight excluding hydrogens is 414 g/mol. The largest absolute Gasteiger partial charge is 0.493 e. The van der Waals surface area contributed by atoms with E-state index in [0.29, 0.717) is 38.0 Å². The van der Waals surface area contributed by atoms with Crippen LogP contribution in [0.4, 0.5) is 5.69 Å². The van der Waals surface area contributed by atoms with Crippen molar-refractivity contribution in [2.75, 3.05) is 40.3 Å². The number of nitro groups is 1. The van der Waals surface area contributed by atoms with E-state index in [1.165, 1.54) is 41.7 Å². The minimum absolute atomic E-state index is 0.144. The van der Waals surface area contributed by atoms with Crippen LogP contribution in [-0.4, -0.2) is 69.2 Å². The molecule has 0 aromatic heterocycles. The maximum Gasteiger partial charge on any atom is 0.312 e. The van der Waals surface area contributed by atoms with Crippen LogP contribution in [0.3, 0.4) is 0 Å². The van der Waals surface area contributed by atoms with Gasteiger partial charge in [0.1, 0.15) is 6.29 Å². The van der Waals surface area contributed by atoms with E-state index in [-0.39, 0.29) is 22.1 Å². The first-order valence-electron chi connectivity index (χ1n) is 9.04. The lowest BCUT2D eigenvalue weighted by molar-refractivity contribution is -0.385. The molecule has 0 amide bonds. The molecule has 0 unspecified atom stereocenters. The summed E-state index contributed by atoms with van der Waals surface area (Å²) in [4.78, 5) is 23.6. The second kappa shape index (κ2) is 8.78. The fraction of sp³-hybridized carbons (Fsp3) is 0.316. The summed E-state index contributed by atoms with van der Waals surface area (Å²) in [6.07, 6.45) is 0.632. The number of ether oxygens (including phenoxy) is 2. The van der Waals surface area contributed by atoms with Gasteiger partial charge < -0.3 is 14.4 Å². The summed E-state index contributed by atoms with van der Waals surface area (Å²) in [5.74, 6) is 0.221. The van der Waals surface area contributed by atoms with Gasteiger partial charge in [0, 0.05) is 37.8 Å². The van der Waals surface area contributed by atoms with Gasteiger partial charge in [0.15, 0.2) is 11.5 Å². The van der Waals surface area contributed by atoms with Gasteiger partial charge in [-0.3, -0.25) is 14.9 Å². The zero-order chi connectivity index (χ0) is 21.9. The van der Waals surface area contributed by atoms with E-state index in [9.17, 15) is 23.3 Å². The second-order valence-corrected chi connectivity index (χ2v) is 8.66. The predicted octanol–water partition coefficient (Wildman–Crippen LogP) is 2.14. The third-order valence-electron chi connectivity index (χ3n) is 4.77. The first-order chi connectivity index (χ1) is 14.3. The monoisotopic (exact) mass is 435 g/mol. The number of benzene rings is 2. The normalized spacial score (nSPS) is 15.5. The molecular formula is C19H21N3O7S. The maximum absolute atomic E-state index is 12.9. The van der Waals surface area contributed by atoms with Crippen LogP contribution >= 0.6 is 0 Å². The van der Waals surface area contributed by atoms with Crippen molar-refractivity contribution in [2.45, 2.75) is 4.90 Å². The first kappa shape index (κ1) is 21.7. The number of nitrogens with zero attached hydrogens (tertiary/aromatic N) is 3. The summed E-state index contributed by atoms with van der Waals surface area (Å²) >= 11 is 0. The Kier molecular flexibility index (Phi) is 6.34. The van der Waals surface area contributed by atoms with Crippen molar-refractivity contribution in [3.8, 4) is 17.2 Å². The number of piperazine rings is 1. The Bertz CT molecular complexity index is 1060. The molecule has 10 nitrogen and oxygen atoms in total. The number of carbonyl (C=O) groups excluding carboxylic acids is 1. The molecule has 1 saturated heterocycles. The van der Waals surface area contributed by atoms with E-state index < -0.39 is 20.6 Å². The third-order valence-corrected chi connectivity index (χ3v) is 6.67. The topological polar surface area (TPSA) is 119 Å². The molecule has 3 rings (SSSR count). The smallest absolute Gasteiger partial charge is 0.312 e. The van der Waals surface area contributed by atoms with Crippen molar-refractivity contribution in [3.05, 3.63) is 52.1 Å². The minimum atomic E-state index is -3.87. The standard InChI is InChI=1S/C19H21N3O7S/c1-20-7-9-21(10-8-20)30(26,27)15-4-6-17(16(12-15)22(24)25)29-18-5-3-14(13-23)11-19(18)28-2/h3-6,11-13H,7-10H2,1-2H3. The van der Waals surface area contributed by atoms with Crippen LogP contribution in [0.25, 0.3) is 0 Å². The van der Waals surface area contributed by atoms with Crippen LogP contribution in [-0.2, 0) is 10.0 Å². The van der Waals surface area contributed by atoms with Gasteiger partial charge in [-0.05, 0) is 37.4 Å². The molecule has 0 N–H and O–H groups in total. The second-order valence-electron chi connectivity index (χ2n) is 6.72. The van der Waals surface area contributed by atoms with Crippen molar-refractivity contribution >= 4 is 22.0 Å². The molecule has 11 heteroatoms. The van der Waals surface area contributed by atoms with Crippen LogP contribution < -0.4 is 9.47 Å². The van der Waals surface area contributed by atoms with Gasteiger partial charge in [-0.15, -0.1) is 0 Å². The molecule has 0 saturated carbocycles. The number of methoxy groups -OCH3 is 1. The summed E-state index contributed by atoms with van der Waals surface area (Å²) in [7, 11) is -0.598. The number of carbonyl (C=O) groups is 1. The first-order valence-corrected chi connectivity index (χ1v) is 10.5. The Morgan fingerprint density at radius 2 is 1.70 bits per heavy atom. The summed E-state index contributed by atoms with van der Waals surface area (Å²) in [6.45, 7) is 1.79. The van der Waals surface area contributed by atoms with E-state index >= 15 is 0 Å². The van der Waals surface area contributed by atoms with Gasteiger partial charge >= 0.3 is 5.69 Å². The van der Waals surface area contributed by atoms with Crippen molar-refractivity contribution in [1.29, 1.82) is 0 Å². The fourth-order valence-corrected chi connectivity index (χ4v) is 4.47. The number of likely N-dealkylation sites (N-methyl/N-ethyl adjacent to an activating group) is 1. The van der Waals surface area contributed by atoms with Crippen LogP contribution in [0.15, 0.2) is 41.3 Å². The highest BCUT2D eigenvalue weighted by molar-refractivity contribution is 7.89. The molecule has 0 radical (unpaired) electrons. The Morgan fingerprint density at radius 1 is 1.03 bits per heavy atom. The number of hydrogen-bond acceptors (Lipinski definition) is 8. The Hall–Kier alpha value is -3.02. The fourth-order valence-electron chi connectivity index (χ4n) is 3.02. The lowest BCUT2D eigenvalue weighted by atomic mass is 10.2. The lowest BCUT2D eigenvalue weighted by Gasteiger charge is -2.31. The minimum Gasteiger partial charge on any atom is -0.493 e. The Balaban J connectivity index is 1.95. The molecule has 1 heterocycles. The van der Waals surface area contributed by atoms with Crippen LogP contribution in [0.1, 0.15) is 10.4 Å². The van der Waals surface area contributed by atoms with Gasteiger partial charge in [-0.25, -0.2) is 8.42 Å². The zero-order valence-electron chi connectivity index (χ0n) is 16.5. The zero-order valence-corrected chi connectivity index (χ0v) is 17.3. The summed E-state index contributed by atoms with van der Waals surface area (Å²) in [5.41, 5.74) is -0.144. The molecule has 1 fully saturated rings. The highest BCUT2D eigenvalue weighted by atomic mass is 32.2. The van der Waals surface area contributed by atoms with E-state index in [1.807, 2.05) is 11.9 Å². The Morgan fingerprint density at radius 3 is 2.30 bits per heavy atom. The molecule has 2 aromatic rings. The number of aldehydes is 1. The lowest BCUT2D eigenvalue weighted by Crippen LogP contribution is -2.47. The molecule has 1 aliphatic heterocycles. The predicted molar refractivity (Wildman–Crippen MR) is 108 cm³/mol. The molecule has 160 valence electrons. The summed E-state index contributed by atoms with van der Waals surface area (Å²) in [5, 5.41) is 11.6. The number of rotatable bonds is 7. The highest BCUT2D eigenvalue weighted by Gasteiger charge is 2.30. The Labute approximate surface area is 173 Å². The van der Waals surface area contributed by atoms with Gasteiger partial charge in [0.2, 0.25) is 15.8 Å². The van der Waals surface area contributed by atoms with Crippen molar-refractivity contribution in [3.63, 3.8) is 0 Å². The number of nitro benzene ring substituents is 1. The average molecular weight is 435 g/mol. The number of sulfonamides is 1. The number of hydrogen-bond donors (Lipinski definition) is 0. The molecule has 0 bridgehead atoms. The van der Waals surface area contributed by atoms with E-state index in [2.05, 4.69) is 0 Å². The molecule has 0 atom stereocenters. The van der Waals surface area contributed by atoms with Crippen molar-refractivity contribution in [2.24, 2.45) is 0 Å². The van der Waals surface area contributed by atoms with E-state index in [4.69, 9.17) is 9.47 Å². The van der Waals surface area contributed by atoms with Gasteiger partial charge in [-0.2, -0.15) is 4.31 Å². The molecule has 30 heavy (non-hydrogen) atoms. The molecule has 0 aliphatic carbocycles. The molecule has 0 spiro atoms.